The molecule has 82 valence electrons. The summed E-state index contributed by atoms with van der Waals surface area (Å²) < 4.78 is 0. The zero-order chi connectivity index (χ0) is 10.9. The molecule has 0 heterocycles. The Hall–Kier alpha value is -0.820. The van der Waals surface area contributed by atoms with E-state index in [-0.39, 0.29) is 5.41 Å². The number of aliphatic hydroxyl groups is 1. The van der Waals surface area contributed by atoms with Gasteiger partial charge in [-0.3, -0.25) is 0 Å². The molecule has 0 radical (unpaired) electrons. The molecule has 1 N–H and O–H groups in total. The molecule has 0 aromatic heterocycles. The van der Waals surface area contributed by atoms with Gasteiger partial charge in [0.05, 0.1) is 6.61 Å². The van der Waals surface area contributed by atoms with Crippen molar-refractivity contribution in [3.8, 4) is 0 Å². The summed E-state index contributed by atoms with van der Waals surface area (Å²) in [6.07, 6.45) is 3.48. The van der Waals surface area contributed by atoms with Crippen LogP contribution < -0.4 is 0 Å². The highest BCUT2D eigenvalue weighted by Gasteiger charge is 2.43. The molecule has 15 heavy (non-hydrogen) atoms. The molecule has 0 saturated heterocycles. The first-order valence-electron chi connectivity index (χ1n) is 5.93. The average Bonchev–Trinajstić information content (AvgIpc) is 3.09. The minimum Gasteiger partial charge on any atom is -0.395 e. The average molecular weight is 204 g/mol. The number of aliphatic hydroxyl groups excluding tert-OH is 1. The van der Waals surface area contributed by atoms with Gasteiger partial charge in [0.15, 0.2) is 0 Å². The Labute approximate surface area is 92.1 Å². The Morgan fingerprint density at radius 2 is 1.87 bits per heavy atom. The van der Waals surface area contributed by atoms with Crippen molar-refractivity contribution in [2.24, 2.45) is 0 Å². The number of rotatable bonds is 4. The summed E-state index contributed by atoms with van der Waals surface area (Å²) in [5.41, 5.74) is 2.85. The summed E-state index contributed by atoms with van der Waals surface area (Å²) in [5.74, 6) is 0.642. The van der Waals surface area contributed by atoms with Gasteiger partial charge in [-0.2, -0.15) is 0 Å². The van der Waals surface area contributed by atoms with E-state index in [1.165, 1.54) is 17.5 Å². The summed E-state index contributed by atoms with van der Waals surface area (Å²) in [4.78, 5) is 0. The van der Waals surface area contributed by atoms with Gasteiger partial charge in [-0.15, -0.1) is 0 Å². The van der Waals surface area contributed by atoms with Crippen molar-refractivity contribution >= 4 is 0 Å². The second-order valence-electron chi connectivity index (χ2n) is 4.87. The third kappa shape index (κ3) is 1.93. The van der Waals surface area contributed by atoms with Crippen LogP contribution in [0, 0.1) is 0 Å². The van der Waals surface area contributed by atoms with Gasteiger partial charge < -0.3 is 5.11 Å². The van der Waals surface area contributed by atoms with Crippen molar-refractivity contribution in [3.63, 3.8) is 0 Å². The molecule has 1 aliphatic rings. The van der Waals surface area contributed by atoms with Gasteiger partial charge in [-0.1, -0.05) is 38.1 Å². The zero-order valence-corrected chi connectivity index (χ0v) is 9.66. The van der Waals surface area contributed by atoms with Gasteiger partial charge in [-0.05, 0) is 36.3 Å². The number of hydrogen-bond acceptors (Lipinski definition) is 1. The molecular formula is C14H20O. The van der Waals surface area contributed by atoms with Crippen LogP contribution in [0.4, 0.5) is 0 Å². The Bertz CT molecular complexity index is 322. The molecule has 1 aliphatic carbocycles. The molecule has 1 nitrogen and oxygen atoms in total. The van der Waals surface area contributed by atoms with Crippen LogP contribution in [0.15, 0.2) is 24.3 Å². The fourth-order valence-corrected chi connectivity index (χ4v) is 2.09. The van der Waals surface area contributed by atoms with Crippen LogP contribution in [0.3, 0.4) is 0 Å². The molecule has 1 aromatic carbocycles. The summed E-state index contributed by atoms with van der Waals surface area (Å²) >= 11 is 0. The maximum absolute atomic E-state index is 9.33. The Morgan fingerprint density at radius 1 is 1.27 bits per heavy atom. The molecule has 0 aliphatic heterocycles. The van der Waals surface area contributed by atoms with E-state index >= 15 is 0 Å². The minimum atomic E-state index is 0.119. The highest BCUT2D eigenvalue weighted by Crippen LogP contribution is 2.47. The van der Waals surface area contributed by atoms with Crippen LogP contribution in [0.5, 0.6) is 0 Å². The molecule has 1 fully saturated rings. The molecule has 1 atom stereocenters. The van der Waals surface area contributed by atoms with Gasteiger partial charge in [0, 0.05) is 5.41 Å². The summed E-state index contributed by atoms with van der Waals surface area (Å²) in [6, 6.07) is 8.84. The van der Waals surface area contributed by atoms with E-state index in [4.69, 9.17) is 0 Å². The van der Waals surface area contributed by atoms with E-state index in [9.17, 15) is 5.11 Å². The molecule has 1 aromatic rings. The third-order valence-corrected chi connectivity index (χ3v) is 3.86. The van der Waals surface area contributed by atoms with Crippen LogP contribution in [0.2, 0.25) is 0 Å². The van der Waals surface area contributed by atoms with Crippen molar-refractivity contribution in [1.82, 2.24) is 0 Å². The van der Waals surface area contributed by atoms with E-state index < -0.39 is 0 Å². The summed E-state index contributed by atoms with van der Waals surface area (Å²) in [6.45, 7) is 4.78. The van der Waals surface area contributed by atoms with Gasteiger partial charge in [-0.25, -0.2) is 0 Å². The summed E-state index contributed by atoms with van der Waals surface area (Å²) in [5, 5.41) is 9.33. The highest BCUT2D eigenvalue weighted by molar-refractivity contribution is 5.34. The fraction of sp³-hybridized carbons (Fsp3) is 0.571. The van der Waals surface area contributed by atoms with Gasteiger partial charge in [0.1, 0.15) is 0 Å². The minimum absolute atomic E-state index is 0.119. The predicted molar refractivity (Wildman–Crippen MR) is 63.1 cm³/mol. The zero-order valence-electron chi connectivity index (χ0n) is 9.66. The standard InChI is InChI=1S/C14H20O/c1-3-11(2)12-4-6-13(7-5-12)14(10-15)8-9-14/h4-7,11,15H,3,8-10H2,1-2H3. The van der Waals surface area contributed by atoms with E-state index in [2.05, 4.69) is 38.1 Å². The normalized spacial score (nSPS) is 19.9. The maximum Gasteiger partial charge on any atom is 0.0527 e. The van der Waals surface area contributed by atoms with Crippen LogP contribution in [0.1, 0.15) is 50.2 Å². The van der Waals surface area contributed by atoms with Crippen LogP contribution in [-0.4, -0.2) is 11.7 Å². The molecule has 0 spiro atoms. The maximum atomic E-state index is 9.33. The fourth-order valence-electron chi connectivity index (χ4n) is 2.09. The van der Waals surface area contributed by atoms with Crippen LogP contribution in [-0.2, 0) is 5.41 Å². The molecule has 0 amide bonds. The highest BCUT2D eigenvalue weighted by atomic mass is 16.3. The molecule has 0 bridgehead atoms. The van der Waals surface area contributed by atoms with Crippen LogP contribution in [0.25, 0.3) is 0 Å². The smallest absolute Gasteiger partial charge is 0.0527 e. The Kier molecular flexibility index (Phi) is 2.83. The van der Waals surface area contributed by atoms with Gasteiger partial charge >= 0.3 is 0 Å². The first kappa shape index (κ1) is 10.7. The van der Waals surface area contributed by atoms with Gasteiger partial charge in [0.25, 0.3) is 0 Å². The van der Waals surface area contributed by atoms with E-state index in [1.807, 2.05) is 0 Å². The van der Waals surface area contributed by atoms with Crippen LogP contribution >= 0.6 is 0 Å². The first-order valence-corrected chi connectivity index (χ1v) is 5.93. The molecule has 1 heteroatoms. The second kappa shape index (κ2) is 3.97. The quantitative estimate of drug-likeness (QED) is 0.798. The molecule has 1 unspecified atom stereocenters. The predicted octanol–water partition coefficient (Wildman–Crippen LogP) is 3.22. The van der Waals surface area contributed by atoms with E-state index in [0.717, 1.165) is 12.8 Å². The molecular weight excluding hydrogens is 184 g/mol. The van der Waals surface area contributed by atoms with Crippen molar-refractivity contribution in [2.75, 3.05) is 6.61 Å². The Balaban J connectivity index is 2.17. The lowest BCUT2D eigenvalue weighted by Crippen LogP contribution is -2.11. The monoisotopic (exact) mass is 204 g/mol. The first-order chi connectivity index (χ1) is 7.22. The second-order valence-corrected chi connectivity index (χ2v) is 4.87. The Morgan fingerprint density at radius 3 is 2.27 bits per heavy atom. The largest absolute Gasteiger partial charge is 0.395 e. The third-order valence-electron chi connectivity index (χ3n) is 3.86. The number of hydrogen-bond donors (Lipinski definition) is 1. The molecule has 1 saturated carbocycles. The van der Waals surface area contributed by atoms with Crippen molar-refractivity contribution in [1.29, 1.82) is 0 Å². The number of benzene rings is 1. The lowest BCUT2D eigenvalue weighted by molar-refractivity contribution is 0.255. The van der Waals surface area contributed by atoms with Crippen molar-refractivity contribution in [2.45, 2.75) is 44.4 Å². The molecule has 2 rings (SSSR count). The lowest BCUT2D eigenvalue weighted by atomic mass is 9.92. The summed E-state index contributed by atoms with van der Waals surface area (Å²) in [7, 11) is 0. The SMILES string of the molecule is CCC(C)c1ccc(C2(CO)CC2)cc1. The lowest BCUT2D eigenvalue weighted by Gasteiger charge is -2.14. The topological polar surface area (TPSA) is 20.2 Å². The van der Waals surface area contributed by atoms with E-state index in [1.54, 1.807) is 0 Å². The van der Waals surface area contributed by atoms with Crippen molar-refractivity contribution in [3.05, 3.63) is 35.4 Å². The van der Waals surface area contributed by atoms with E-state index in [0.29, 0.717) is 12.5 Å². The van der Waals surface area contributed by atoms with Gasteiger partial charge in [0.2, 0.25) is 0 Å². The van der Waals surface area contributed by atoms with Crippen molar-refractivity contribution < 1.29 is 5.11 Å².